The van der Waals surface area contributed by atoms with Crippen LogP contribution in [0.25, 0.3) is 0 Å². The Morgan fingerprint density at radius 1 is 1.04 bits per heavy atom. The summed E-state index contributed by atoms with van der Waals surface area (Å²) in [6.45, 7) is 9.09. The molecule has 0 aromatic heterocycles. The third kappa shape index (κ3) is 7.66. The van der Waals surface area contributed by atoms with Gasteiger partial charge >= 0.3 is 0 Å². The number of carbonyl (C=O) groups is 2. The quantitative estimate of drug-likeness (QED) is 0.667. The van der Waals surface area contributed by atoms with E-state index < -0.39 is 15.9 Å². The van der Waals surface area contributed by atoms with Gasteiger partial charge in [0.1, 0.15) is 0 Å². The molecule has 1 aromatic carbocycles. The summed E-state index contributed by atoms with van der Waals surface area (Å²) in [6.07, 6.45) is -0.0487. The second-order valence-electron chi connectivity index (χ2n) is 6.97. The summed E-state index contributed by atoms with van der Waals surface area (Å²) in [7, 11) is -3.66. The normalized spacial score (nSPS) is 11.9. The first kappa shape index (κ1) is 21.1. The molecule has 7 nitrogen and oxygen atoms in total. The van der Waals surface area contributed by atoms with E-state index in [2.05, 4.69) is 15.4 Å². The molecular formula is C17H27N3O4S. The molecule has 0 saturated carbocycles. The number of benzene rings is 1. The van der Waals surface area contributed by atoms with Crippen molar-refractivity contribution in [3.8, 4) is 0 Å². The van der Waals surface area contributed by atoms with E-state index in [1.807, 2.05) is 34.6 Å². The zero-order chi connectivity index (χ0) is 19.3. The lowest BCUT2D eigenvalue weighted by Gasteiger charge is -2.20. The van der Waals surface area contributed by atoms with Gasteiger partial charge in [0.15, 0.2) is 0 Å². The molecule has 0 fully saturated rings. The molecule has 0 aliphatic rings. The predicted octanol–water partition coefficient (Wildman–Crippen LogP) is 1.00. The fraction of sp³-hybridized carbons (Fsp3) is 0.529. The SMILES string of the molecule is Cc1ccc(S(=O)(=O)NCCC(=O)NCC(=O)NC(C)(C)C)cc1C. The molecular weight excluding hydrogens is 342 g/mol. The Balaban J connectivity index is 2.44. The largest absolute Gasteiger partial charge is 0.350 e. The van der Waals surface area contributed by atoms with Crippen molar-refractivity contribution in [2.24, 2.45) is 0 Å². The average Bonchev–Trinajstić information content (AvgIpc) is 2.46. The third-order valence-electron chi connectivity index (χ3n) is 3.39. The maximum absolute atomic E-state index is 12.2. The number of carbonyl (C=O) groups excluding carboxylic acids is 2. The van der Waals surface area contributed by atoms with Crippen LogP contribution in [0.1, 0.15) is 38.3 Å². The summed E-state index contributed by atoms with van der Waals surface area (Å²) in [5.41, 5.74) is 1.52. The van der Waals surface area contributed by atoms with Gasteiger partial charge in [-0.2, -0.15) is 0 Å². The van der Waals surface area contributed by atoms with E-state index in [9.17, 15) is 18.0 Å². The van der Waals surface area contributed by atoms with E-state index in [1.165, 1.54) is 6.07 Å². The monoisotopic (exact) mass is 369 g/mol. The Kier molecular flexibility index (Phi) is 7.13. The molecule has 0 bridgehead atoms. The standard InChI is InChI=1S/C17H27N3O4S/c1-12-6-7-14(10-13(12)2)25(23,24)19-9-8-15(21)18-11-16(22)20-17(3,4)5/h6-7,10,19H,8-9,11H2,1-5H3,(H,18,21)(H,20,22). The van der Waals surface area contributed by atoms with Crippen LogP contribution in [0.3, 0.4) is 0 Å². The molecule has 140 valence electrons. The van der Waals surface area contributed by atoms with Crippen LogP contribution in [0.5, 0.6) is 0 Å². The van der Waals surface area contributed by atoms with Gasteiger partial charge in [0.05, 0.1) is 11.4 Å². The number of rotatable bonds is 7. The minimum Gasteiger partial charge on any atom is -0.350 e. The van der Waals surface area contributed by atoms with Crippen molar-refractivity contribution in [1.29, 1.82) is 0 Å². The Hall–Kier alpha value is -1.93. The number of amides is 2. The van der Waals surface area contributed by atoms with E-state index in [4.69, 9.17) is 0 Å². The molecule has 3 N–H and O–H groups in total. The molecule has 0 atom stereocenters. The smallest absolute Gasteiger partial charge is 0.240 e. The molecule has 0 heterocycles. The second-order valence-corrected chi connectivity index (χ2v) is 8.74. The van der Waals surface area contributed by atoms with Crippen molar-refractivity contribution >= 4 is 21.8 Å². The first-order valence-corrected chi connectivity index (χ1v) is 9.54. The van der Waals surface area contributed by atoms with Crippen LogP contribution in [0.4, 0.5) is 0 Å². The van der Waals surface area contributed by atoms with Crippen molar-refractivity contribution < 1.29 is 18.0 Å². The maximum Gasteiger partial charge on any atom is 0.240 e. The van der Waals surface area contributed by atoms with E-state index in [0.717, 1.165) is 11.1 Å². The van der Waals surface area contributed by atoms with Gasteiger partial charge in [-0.3, -0.25) is 9.59 Å². The van der Waals surface area contributed by atoms with Crippen LogP contribution >= 0.6 is 0 Å². The molecule has 25 heavy (non-hydrogen) atoms. The first-order valence-electron chi connectivity index (χ1n) is 8.05. The second kappa shape index (κ2) is 8.44. The zero-order valence-corrected chi connectivity index (χ0v) is 16.2. The van der Waals surface area contributed by atoms with Crippen LogP contribution in [-0.2, 0) is 19.6 Å². The number of hydrogen-bond acceptors (Lipinski definition) is 4. The van der Waals surface area contributed by atoms with Crippen molar-refractivity contribution in [3.63, 3.8) is 0 Å². The average molecular weight is 369 g/mol. The Morgan fingerprint density at radius 3 is 2.24 bits per heavy atom. The lowest BCUT2D eigenvalue weighted by Crippen LogP contribution is -2.46. The van der Waals surface area contributed by atoms with Crippen LogP contribution in [0, 0.1) is 13.8 Å². The number of sulfonamides is 1. The van der Waals surface area contributed by atoms with E-state index in [-0.39, 0.29) is 35.9 Å². The van der Waals surface area contributed by atoms with Crippen LogP contribution in [0.15, 0.2) is 23.1 Å². The van der Waals surface area contributed by atoms with Crippen molar-refractivity contribution in [2.45, 2.75) is 51.5 Å². The zero-order valence-electron chi connectivity index (χ0n) is 15.4. The Bertz CT molecular complexity index is 737. The van der Waals surface area contributed by atoms with Crippen LogP contribution < -0.4 is 15.4 Å². The summed E-state index contributed by atoms with van der Waals surface area (Å²) in [4.78, 5) is 23.5. The lowest BCUT2D eigenvalue weighted by atomic mass is 10.1. The van der Waals surface area contributed by atoms with E-state index >= 15 is 0 Å². The molecule has 0 saturated heterocycles. The molecule has 1 aromatic rings. The molecule has 0 aliphatic heterocycles. The molecule has 2 amide bonds. The highest BCUT2D eigenvalue weighted by atomic mass is 32.2. The molecule has 0 radical (unpaired) electrons. The number of hydrogen-bond donors (Lipinski definition) is 3. The third-order valence-corrected chi connectivity index (χ3v) is 4.85. The summed E-state index contributed by atoms with van der Waals surface area (Å²) < 4.78 is 26.8. The molecule has 0 spiro atoms. The fourth-order valence-corrected chi connectivity index (χ4v) is 3.11. The van der Waals surface area contributed by atoms with Gasteiger partial charge in [-0.05, 0) is 57.9 Å². The van der Waals surface area contributed by atoms with Gasteiger partial charge in [0.25, 0.3) is 0 Å². The molecule has 8 heteroatoms. The topological polar surface area (TPSA) is 104 Å². The summed E-state index contributed by atoms with van der Waals surface area (Å²) in [6, 6.07) is 4.86. The lowest BCUT2D eigenvalue weighted by molar-refractivity contribution is -0.126. The molecule has 1 rings (SSSR count). The summed E-state index contributed by atoms with van der Waals surface area (Å²) in [5, 5.41) is 5.18. The van der Waals surface area contributed by atoms with Gasteiger partial charge in [-0.15, -0.1) is 0 Å². The molecule has 0 unspecified atom stereocenters. The highest BCUT2D eigenvalue weighted by Crippen LogP contribution is 2.14. The Morgan fingerprint density at radius 2 is 1.68 bits per heavy atom. The highest BCUT2D eigenvalue weighted by molar-refractivity contribution is 7.89. The number of aryl methyl sites for hydroxylation is 2. The van der Waals surface area contributed by atoms with Crippen molar-refractivity contribution in [1.82, 2.24) is 15.4 Å². The minimum atomic E-state index is -3.66. The van der Waals surface area contributed by atoms with Gasteiger partial charge in [0, 0.05) is 18.5 Å². The number of nitrogens with one attached hydrogen (secondary N) is 3. The van der Waals surface area contributed by atoms with Gasteiger partial charge in [-0.25, -0.2) is 13.1 Å². The van der Waals surface area contributed by atoms with Gasteiger partial charge < -0.3 is 10.6 Å². The van der Waals surface area contributed by atoms with Crippen molar-refractivity contribution in [2.75, 3.05) is 13.1 Å². The highest BCUT2D eigenvalue weighted by Gasteiger charge is 2.16. The summed E-state index contributed by atoms with van der Waals surface area (Å²) in [5.74, 6) is -0.691. The van der Waals surface area contributed by atoms with Gasteiger partial charge in [-0.1, -0.05) is 6.07 Å². The van der Waals surface area contributed by atoms with Crippen molar-refractivity contribution in [3.05, 3.63) is 29.3 Å². The molecule has 0 aliphatic carbocycles. The maximum atomic E-state index is 12.2. The Labute approximate surface area is 149 Å². The van der Waals surface area contributed by atoms with Gasteiger partial charge in [0.2, 0.25) is 21.8 Å². The minimum absolute atomic E-state index is 0.0397. The first-order chi connectivity index (χ1) is 11.4. The van der Waals surface area contributed by atoms with Crippen LogP contribution in [-0.4, -0.2) is 38.9 Å². The van der Waals surface area contributed by atoms with Crippen LogP contribution in [0.2, 0.25) is 0 Å². The predicted molar refractivity (Wildman–Crippen MR) is 96.6 cm³/mol. The van der Waals surface area contributed by atoms with E-state index in [0.29, 0.717) is 0 Å². The van der Waals surface area contributed by atoms with E-state index in [1.54, 1.807) is 12.1 Å². The fourth-order valence-electron chi connectivity index (χ4n) is 1.99. The summed E-state index contributed by atoms with van der Waals surface area (Å²) >= 11 is 0.